The average Bonchev–Trinajstić information content (AvgIpc) is 3.40. The van der Waals surface area contributed by atoms with Gasteiger partial charge < -0.3 is 16.0 Å². The van der Waals surface area contributed by atoms with Gasteiger partial charge in [0.2, 0.25) is 0 Å². The zero-order valence-electron chi connectivity index (χ0n) is 15.1. The Balaban J connectivity index is 1.65. The van der Waals surface area contributed by atoms with E-state index in [1.54, 1.807) is 36.4 Å². The summed E-state index contributed by atoms with van der Waals surface area (Å²) in [6.45, 7) is 3.73. The molecule has 1 saturated carbocycles. The van der Waals surface area contributed by atoms with E-state index >= 15 is 0 Å². The molecule has 0 unspecified atom stereocenters. The Hall–Kier alpha value is -2.24. The lowest BCUT2D eigenvalue weighted by atomic mass is 9.94. The number of halogens is 2. The van der Waals surface area contributed by atoms with Gasteiger partial charge in [0.15, 0.2) is 0 Å². The van der Waals surface area contributed by atoms with Crippen molar-refractivity contribution in [3.05, 3.63) is 63.6 Å². The van der Waals surface area contributed by atoms with Crippen molar-refractivity contribution in [2.45, 2.75) is 38.3 Å². The Bertz CT molecular complexity index is 879. The zero-order chi connectivity index (χ0) is 19.6. The molecule has 3 amide bonds. The van der Waals surface area contributed by atoms with Crippen LogP contribution in [0.25, 0.3) is 0 Å². The number of hydrogen-bond donors (Lipinski definition) is 3. The van der Waals surface area contributed by atoms with Gasteiger partial charge in [0, 0.05) is 17.3 Å². The monoisotopic (exact) mass is 405 g/mol. The lowest BCUT2D eigenvalue weighted by Crippen LogP contribution is -2.43. The van der Waals surface area contributed by atoms with Gasteiger partial charge >= 0.3 is 6.03 Å². The zero-order valence-corrected chi connectivity index (χ0v) is 16.6. The van der Waals surface area contributed by atoms with Gasteiger partial charge in [-0.1, -0.05) is 35.3 Å². The Labute approximate surface area is 168 Å². The number of rotatable bonds is 5. The molecule has 27 heavy (non-hydrogen) atoms. The summed E-state index contributed by atoms with van der Waals surface area (Å²) in [5.41, 5.74) is 1.22. The van der Waals surface area contributed by atoms with Crippen LogP contribution in [-0.2, 0) is 5.54 Å². The Kier molecular flexibility index (Phi) is 5.63. The molecule has 0 radical (unpaired) electrons. The lowest BCUT2D eigenvalue weighted by molar-refractivity contribution is 0.0951. The molecule has 1 fully saturated rings. The van der Waals surface area contributed by atoms with Crippen LogP contribution < -0.4 is 16.0 Å². The molecule has 1 aliphatic rings. The van der Waals surface area contributed by atoms with Crippen LogP contribution in [-0.4, -0.2) is 18.0 Å². The molecule has 5 nitrogen and oxygen atoms in total. The number of carbonyl (C=O) groups is 2. The van der Waals surface area contributed by atoms with Crippen LogP contribution in [0.15, 0.2) is 42.5 Å². The fourth-order valence-corrected chi connectivity index (χ4v) is 2.94. The van der Waals surface area contributed by atoms with Gasteiger partial charge in [0.1, 0.15) is 0 Å². The van der Waals surface area contributed by atoms with Crippen LogP contribution in [0.5, 0.6) is 0 Å². The van der Waals surface area contributed by atoms with Gasteiger partial charge in [-0.05, 0) is 62.6 Å². The first-order chi connectivity index (χ1) is 12.7. The maximum Gasteiger partial charge on any atom is 0.319 e. The van der Waals surface area contributed by atoms with Crippen LogP contribution in [0.3, 0.4) is 0 Å². The number of amides is 3. The van der Waals surface area contributed by atoms with Gasteiger partial charge in [-0.15, -0.1) is 0 Å². The number of urea groups is 1. The van der Waals surface area contributed by atoms with Gasteiger partial charge in [-0.3, -0.25) is 4.79 Å². The van der Waals surface area contributed by atoms with Crippen molar-refractivity contribution in [1.29, 1.82) is 0 Å². The predicted octanol–water partition coefficient (Wildman–Crippen LogP) is 4.94. The molecular weight excluding hydrogens is 385 g/mol. The highest BCUT2D eigenvalue weighted by atomic mass is 35.5. The first-order valence-electron chi connectivity index (χ1n) is 8.70. The predicted molar refractivity (Wildman–Crippen MR) is 109 cm³/mol. The number of anilines is 1. The smallest absolute Gasteiger partial charge is 0.319 e. The summed E-state index contributed by atoms with van der Waals surface area (Å²) in [7, 11) is 0. The fourth-order valence-electron chi connectivity index (χ4n) is 2.64. The molecule has 142 valence electrons. The third kappa shape index (κ3) is 5.15. The third-order valence-electron chi connectivity index (χ3n) is 4.36. The molecule has 2 aromatic carbocycles. The highest BCUT2D eigenvalue weighted by molar-refractivity contribution is 6.42. The molecular formula is C20H21Cl2N3O2. The molecule has 2 aromatic rings. The SMILES string of the molecule is CC(C)(NC(=O)Nc1cccc(C(=O)NC2CC2)c1)c1ccc(Cl)c(Cl)c1. The van der Waals surface area contributed by atoms with Crippen LogP contribution in [0.4, 0.5) is 10.5 Å². The maximum atomic E-state index is 12.4. The van der Waals surface area contributed by atoms with Crippen LogP contribution >= 0.6 is 23.2 Å². The second-order valence-electron chi connectivity index (χ2n) is 7.16. The second kappa shape index (κ2) is 7.79. The molecule has 0 heterocycles. The van der Waals surface area contributed by atoms with E-state index in [1.165, 1.54) is 0 Å². The van der Waals surface area contributed by atoms with E-state index in [4.69, 9.17) is 23.2 Å². The van der Waals surface area contributed by atoms with E-state index < -0.39 is 5.54 Å². The van der Waals surface area contributed by atoms with Gasteiger partial charge in [-0.25, -0.2) is 4.79 Å². The summed E-state index contributed by atoms with van der Waals surface area (Å²) in [6, 6.07) is 12.0. The van der Waals surface area contributed by atoms with Crippen molar-refractivity contribution in [2.24, 2.45) is 0 Å². The molecule has 0 bridgehead atoms. The largest absolute Gasteiger partial charge is 0.349 e. The Morgan fingerprint density at radius 1 is 1.04 bits per heavy atom. The van der Waals surface area contributed by atoms with Crippen LogP contribution in [0.1, 0.15) is 42.6 Å². The number of nitrogens with one attached hydrogen (secondary N) is 3. The first kappa shape index (κ1) is 19.5. The summed E-state index contributed by atoms with van der Waals surface area (Å²) >= 11 is 12.0. The minimum absolute atomic E-state index is 0.127. The molecule has 0 atom stereocenters. The first-order valence-corrected chi connectivity index (χ1v) is 9.46. The normalized spacial score (nSPS) is 13.8. The number of carbonyl (C=O) groups excluding carboxylic acids is 2. The van der Waals surface area contributed by atoms with Crippen molar-refractivity contribution in [3.8, 4) is 0 Å². The molecule has 3 rings (SSSR count). The Morgan fingerprint density at radius 2 is 1.78 bits per heavy atom. The van der Waals surface area contributed by atoms with Gasteiger partial charge in [0.25, 0.3) is 5.91 Å². The quantitative estimate of drug-likeness (QED) is 0.658. The van der Waals surface area contributed by atoms with Crippen molar-refractivity contribution in [1.82, 2.24) is 10.6 Å². The topological polar surface area (TPSA) is 70.2 Å². The van der Waals surface area contributed by atoms with Gasteiger partial charge in [-0.2, -0.15) is 0 Å². The number of benzene rings is 2. The highest BCUT2D eigenvalue weighted by Crippen LogP contribution is 2.28. The molecule has 7 heteroatoms. The van der Waals surface area contributed by atoms with E-state index in [-0.39, 0.29) is 18.0 Å². The van der Waals surface area contributed by atoms with Gasteiger partial charge in [0.05, 0.1) is 15.6 Å². The summed E-state index contributed by atoms with van der Waals surface area (Å²) in [4.78, 5) is 24.6. The van der Waals surface area contributed by atoms with E-state index in [1.807, 2.05) is 19.9 Å². The van der Waals surface area contributed by atoms with E-state index in [0.717, 1.165) is 18.4 Å². The second-order valence-corrected chi connectivity index (χ2v) is 7.98. The third-order valence-corrected chi connectivity index (χ3v) is 5.10. The Morgan fingerprint density at radius 3 is 2.44 bits per heavy atom. The minimum Gasteiger partial charge on any atom is -0.349 e. The maximum absolute atomic E-state index is 12.4. The summed E-state index contributed by atoms with van der Waals surface area (Å²) in [5.74, 6) is -0.127. The molecule has 1 aliphatic carbocycles. The average molecular weight is 406 g/mol. The van der Waals surface area contributed by atoms with Crippen molar-refractivity contribution < 1.29 is 9.59 Å². The minimum atomic E-state index is -0.667. The lowest BCUT2D eigenvalue weighted by Gasteiger charge is -2.27. The molecule has 0 saturated heterocycles. The number of hydrogen-bond acceptors (Lipinski definition) is 2. The van der Waals surface area contributed by atoms with Crippen LogP contribution in [0.2, 0.25) is 10.0 Å². The van der Waals surface area contributed by atoms with Crippen molar-refractivity contribution in [2.75, 3.05) is 5.32 Å². The van der Waals surface area contributed by atoms with Crippen molar-refractivity contribution >= 4 is 40.8 Å². The molecule has 0 spiro atoms. The summed E-state index contributed by atoms with van der Waals surface area (Å²) < 4.78 is 0. The molecule has 0 aromatic heterocycles. The fraction of sp³-hybridized carbons (Fsp3) is 0.300. The van der Waals surface area contributed by atoms with E-state index in [2.05, 4.69) is 16.0 Å². The highest BCUT2D eigenvalue weighted by Gasteiger charge is 2.25. The van der Waals surface area contributed by atoms with E-state index in [9.17, 15) is 9.59 Å². The van der Waals surface area contributed by atoms with E-state index in [0.29, 0.717) is 21.3 Å². The summed E-state index contributed by atoms with van der Waals surface area (Å²) in [5, 5.41) is 9.49. The molecule has 3 N–H and O–H groups in total. The van der Waals surface area contributed by atoms with Crippen LogP contribution in [0, 0.1) is 0 Å². The molecule has 0 aliphatic heterocycles. The standard InChI is InChI=1S/C20H21Cl2N3O2/c1-20(2,13-6-9-16(21)17(22)11-13)25-19(27)24-15-5-3-4-12(10-15)18(26)23-14-7-8-14/h3-6,9-11,14H,7-8H2,1-2H3,(H,23,26)(H2,24,25,27). The van der Waals surface area contributed by atoms with Crippen molar-refractivity contribution in [3.63, 3.8) is 0 Å². The summed E-state index contributed by atoms with van der Waals surface area (Å²) in [6.07, 6.45) is 2.05.